The van der Waals surface area contributed by atoms with Gasteiger partial charge in [-0.1, -0.05) is 103 Å². The molecule has 0 saturated carbocycles. The topological polar surface area (TPSA) is 61.2 Å². The van der Waals surface area contributed by atoms with E-state index in [0.717, 1.165) is 23.8 Å². The van der Waals surface area contributed by atoms with Gasteiger partial charge in [-0.2, -0.15) is 13.5 Å². The maximum absolute atomic E-state index is 12.0. The number of halogens is 1. The number of hydrogen-bond acceptors (Lipinski definition) is 4. The van der Waals surface area contributed by atoms with E-state index in [1.165, 1.54) is 0 Å². The van der Waals surface area contributed by atoms with Gasteiger partial charge in [-0.15, -0.1) is 0 Å². The van der Waals surface area contributed by atoms with Crippen molar-refractivity contribution in [3.8, 4) is 0 Å². The first-order chi connectivity index (χ1) is 15.0. The van der Waals surface area contributed by atoms with Crippen molar-refractivity contribution >= 4 is 21.7 Å². The molecule has 0 radical (unpaired) electrons. The van der Waals surface area contributed by atoms with Gasteiger partial charge in [-0.05, 0) is 22.8 Å². The molecule has 0 aliphatic rings. The second-order valence-electron chi connectivity index (χ2n) is 7.05. The molecular formula is C24H21ClN2O3S. The van der Waals surface area contributed by atoms with E-state index >= 15 is 0 Å². The maximum Gasteiger partial charge on any atom is 0.272 e. The highest BCUT2D eigenvalue weighted by molar-refractivity contribution is 7.85. The average Bonchev–Trinajstić information content (AvgIpc) is 3.16. The SMILES string of the molecule is COS(=O)(=O)Cc1cc(Cl)n(C(c2ccccc2)(c2ccccc2)c2ccccc2)n1. The Morgan fingerprint density at radius 1 is 0.839 bits per heavy atom. The van der Waals surface area contributed by atoms with Gasteiger partial charge < -0.3 is 0 Å². The van der Waals surface area contributed by atoms with Gasteiger partial charge >= 0.3 is 0 Å². The third-order valence-electron chi connectivity index (χ3n) is 5.19. The molecule has 7 heteroatoms. The zero-order valence-corrected chi connectivity index (χ0v) is 18.4. The number of rotatable bonds is 7. The molecule has 158 valence electrons. The van der Waals surface area contributed by atoms with Crippen LogP contribution in [0.4, 0.5) is 0 Å². The van der Waals surface area contributed by atoms with Gasteiger partial charge in [0.15, 0.2) is 0 Å². The van der Waals surface area contributed by atoms with Crippen LogP contribution in [0.25, 0.3) is 0 Å². The Morgan fingerprint density at radius 3 is 1.65 bits per heavy atom. The summed E-state index contributed by atoms with van der Waals surface area (Å²) >= 11 is 6.72. The lowest BCUT2D eigenvalue weighted by molar-refractivity contribution is 0.395. The lowest BCUT2D eigenvalue weighted by Crippen LogP contribution is -2.38. The fourth-order valence-electron chi connectivity index (χ4n) is 3.85. The lowest BCUT2D eigenvalue weighted by atomic mass is 9.77. The van der Waals surface area contributed by atoms with Gasteiger partial charge in [0.25, 0.3) is 10.1 Å². The van der Waals surface area contributed by atoms with E-state index in [4.69, 9.17) is 11.6 Å². The molecule has 0 aliphatic heterocycles. The van der Waals surface area contributed by atoms with Crippen LogP contribution in [0.5, 0.6) is 0 Å². The Bertz CT molecular complexity index is 1160. The van der Waals surface area contributed by atoms with Crippen LogP contribution in [0.3, 0.4) is 0 Å². The molecule has 0 atom stereocenters. The molecule has 0 spiro atoms. The summed E-state index contributed by atoms with van der Waals surface area (Å²) in [5, 5.41) is 4.99. The second kappa shape index (κ2) is 8.67. The molecule has 1 heterocycles. The quantitative estimate of drug-likeness (QED) is 0.297. The summed E-state index contributed by atoms with van der Waals surface area (Å²) in [7, 11) is -2.61. The molecule has 31 heavy (non-hydrogen) atoms. The standard InChI is InChI=1S/C24H21ClN2O3S/c1-30-31(28,29)18-22-17-23(25)27(26-22)24(19-11-5-2-6-12-19,20-13-7-3-8-14-20)21-15-9-4-10-16-21/h2-17H,18H2,1H3. The molecule has 1 aromatic heterocycles. The van der Waals surface area contributed by atoms with E-state index in [-0.39, 0.29) is 5.75 Å². The first-order valence-electron chi connectivity index (χ1n) is 9.67. The zero-order valence-electron chi connectivity index (χ0n) is 16.9. The molecule has 0 N–H and O–H groups in total. The molecule has 0 unspecified atom stereocenters. The largest absolute Gasteiger partial charge is 0.273 e. The van der Waals surface area contributed by atoms with Crippen LogP contribution in [-0.2, 0) is 25.6 Å². The van der Waals surface area contributed by atoms with E-state index in [1.54, 1.807) is 10.7 Å². The van der Waals surface area contributed by atoms with Crippen LogP contribution in [0.15, 0.2) is 97.1 Å². The zero-order chi connectivity index (χ0) is 21.9. The minimum atomic E-state index is -3.75. The summed E-state index contributed by atoms with van der Waals surface area (Å²) in [6.45, 7) is 0. The van der Waals surface area contributed by atoms with Crippen molar-refractivity contribution in [2.75, 3.05) is 7.11 Å². The van der Waals surface area contributed by atoms with Crippen molar-refractivity contribution in [2.45, 2.75) is 11.3 Å². The third kappa shape index (κ3) is 4.02. The van der Waals surface area contributed by atoms with Crippen molar-refractivity contribution in [1.82, 2.24) is 9.78 Å². The molecule has 0 aliphatic carbocycles. The van der Waals surface area contributed by atoms with Gasteiger partial charge in [0.05, 0.1) is 12.8 Å². The molecule has 4 aromatic rings. The lowest BCUT2D eigenvalue weighted by Gasteiger charge is -2.36. The predicted octanol–water partition coefficient (Wildman–Crippen LogP) is 4.85. The smallest absolute Gasteiger partial charge is 0.272 e. The van der Waals surface area contributed by atoms with Crippen LogP contribution in [0, 0.1) is 0 Å². The first kappa shape index (κ1) is 21.3. The van der Waals surface area contributed by atoms with E-state index in [1.807, 2.05) is 91.0 Å². The number of benzene rings is 3. The third-order valence-corrected chi connectivity index (χ3v) is 6.61. The Labute approximate surface area is 187 Å². The van der Waals surface area contributed by atoms with Crippen molar-refractivity contribution in [1.29, 1.82) is 0 Å². The van der Waals surface area contributed by atoms with Gasteiger partial charge in [0, 0.05) is 0 Å². The first-order valence-corrected chi connectivity index (χ1v) is 11.6. The van der Waals surface area contributed by atoms with Crippen LogP contribution in [0.2, 0.25) is 5.15 Å². The number of hydrogen-bond donors (Lipinski definition) is 0. The molecule has 0 fully saturated rings. The monoisotopic (exact) mass is 452 g/mol. The summed E-state index contributed by atoms with van der Waals surface area (Å²) in [4.78, 5) is 0. The number of nitrogens with zero attached hydrogens (tertiary/aromatic N) is 2. The van der Waals surface area contributed by atoms with Gasteiger partial charge in [-0.3, -0.25) is 4.18 Å². The highest BCUT2D eigenvalue weighted by atomic mass is 35.5. The summed E-state index contributed by atoms with van der Waals surface area (Å²) in [6, 6.07) is 31.3. The summed E-state index contributed by atoms with van der Waals surface area (Å²) in [5.74, 6) is -0.370. The summed E-state index contributed by atoms with van der Waals surface area (Å²) in [5.41, 5.74) is 2.23. The van der Waals surface area contributed by atoms with Crippen molar-refractivity contribution < 1.29 is 12.6 Å². The van der Waals surface area contributed by atoms with Gasteiger partial charge in [-0.25, -0.2) is 4.68 Å². The van der Waals surface area contributed by atoms with Crippen LogP contribution in [0.1, 0.15) is 22.4 Å². The van der Waals surface area contributed by atoms with E-state index in [9.17, 15) is 8.42 Å². The highest BCUT2D eigenvalue weighted by Gasteiger charge is 2.41. The van der Waals surface area contributed by atoms with E-state index < -0.39 is 15.7 Å². The van der Waals surface area contributed by atoms with E-state index in [2.05, 4.69) is 9.28 Å². The molecule has 5 nitrogen and oxygen atoms in total. The fraction of sp³-hybridized carbons (Fsp3) is 0.125. The Kier molecular flexibility index (Phi) is 5.96. The molecular weight excluding hydrogens is 432 g/mol. The predicted molar refractivity (Wildman–Crippen MR) is 121 cm³/mol. The molecule has 3 aromatic carbocycles. The summed E-state index contributed by atoms with van der Waals surface area (Å²) in [6.07, 6.45) is 0. The number of aromatic nitrogens is 2. The van der Waals surface area contributed by atoms with Gasteiger partial charge in [0.1, 0.15) is 16.4 Å². The Hall–Kier alpha value is -2.93. The van der Waals surface area contributed by atoms with Crippen LogP contribution < -0.4 is 0 Å². The Morgan fingerprint density at radius 2 is 1.26 bits per heavy atom. The molecule has 0 amide bonds. The summed E-state index contributed by atoms with van der Waals surface area (Å²) < 4.78 is 30.4. The minimum Gasteiger partial charge on any atom is -0.273 e. The average molecular weight is 453 g/mol. The van der Waals surface area contributed by atoms with Crippen molar-refractivity contribution in [3.63, 3.8) is 0 Å². The minimum absolute atomic E-state index is 0.305. The maximum atomic E-state index is 12.0. The molecule has 0 saturated heterocycles. The molecule has 4 rings (SSSR count). The second-order valence-corrected chi connectivity index (χ2v) is 9.17. The van der Waals surface area contributed by atoms with Crippen molar-refractivity contribution in [3.05, 3.63) is 125 Å². The fourth-order valence-corrected chi connectivity index (χ4v) is 4.77. The van der Waals surface area contributed by atoms with Crippen LogP contribution in [-0.4, -0.2) is 25.3 Å². The molecule has 0 bridgehead atoms. The Balaban J connectivity index is 2.06. The van der Waals surface area contributed by atoms with E-state index in [0.29, 0.717) is 10.8 Å². The highest BCUT2D eigenvalue weighted by Crippen LogP contribution is 2.42. The van der Waals surface area contributed by atoms with Crippen molar-refractivity contribution in [2.24, 2.45) is 0 Å². The van der Waals surface area contributed by atoms with Crippen LogP contribution >= 0.6 is 11.6 Å². The normalized spacial score (nSPS) is 12.1. The van der Waals surface area contributed by atoms with Gasteiger partial charge in [0.2, 0.25) is 0 Å².